The van der Waals surface area contributed by atoms with Crippen LogP contribution in [-0.4, -0.2) is 18.0 Å². The first-order chi connectivity index (χ1) is 10.9. The molecule has 2 N–H and O–H groups in total. The molecule has 122 valence electrons. The maximum absolute atomic E-state index is 11.9. The lowest BCUT2D eigenvalue weighted by Gasteiger charge is -2.17. The maximum atomic E-state index is 11.9. The second-order valence-corrected chi connectivity index (χ2v) is 5.97. The summed E-state index contributed by atoms with van der Waals surface area (Å²) in [5.74, 6) is 1.56. The summed E-state index contributed by atoms with van der Waals surface area (Å²) in [5, 5.41) is 6.06. The van der Waals surface area contributed by atoms with Gasteiger partial charge in [-0.3, -0.25) is 4.79 Å². The summed E-state index contributed by atoms with van der Waals surface area (Å²) in [6, 6.07) is 15.3. The lowest BCUT2D eigenvalue weighted by molar-refractivity contribution is -0.122. The topological polar surface area (TPSA) is 50.4 Å². The van der Waals surface area contributed by atoms with Crippen molar-refractivity contribution in [3.05, 3.63) is 54.1 Å². The van der Waals surface area contributed by atoms with Crippen LogP contribution in [0.25, 0.3) is 0 Å². The van der Waals surface area contributed by atoms with Crippen LogP contribution in [0.3, 0.4) is 0 Å². The number of amides is 1. The van der Waals surface area contributed by atoms with E-state index in [-0.39, 0.29) is 18.0 Å². The number of aryl methyl sites for hydroxylation is 1. The van der Waals surface area contributed by atoms with Gasteiger partial charge in [-0.25, -0.2) is 0 Å². The number of ether oxygens (including phenoxy) is 1. The number of carbonyl (C=O) groups excluding carboxylic acids is 1. The zero-order valence-electron chi connectivity index (χ0n) is 14.1. The van der Waals surface area contributed by atoms with E-state index in [0.717, 1.165) is 17.2 Å². The van der Waals surface area contributed by atoms with Crippen molar-refractivity contribution < 1.29 is 9.53 Å². The molecule has 1 unspecified atom stereocenters. The predicted octanol–water partition coefficient (Wildman–Crippen LogP) is 4.11. The van der Waals surface area contributed by atoms with Gasteiger partial charge < -0.3 is 15.4 Å². The Hall–Kier alpha value is -2.49. The van der Waals surface area contributed by atoms with Gasteiger partial charge in [0.05, 0.1) is 0 Å². The second-order valence-electron chi connectivity index (χ2n) is 5.97. The van der Waals surface area contributed by atoms with Crippen LogP contribution < -0.4 is 15.4 Å². The molecule has 0 spiro atoms. The van der Waals surface area contributed by atoms with Crippen LogP contribution >= 0.6 is 0 Å². The average molecular weight is 312 g/mol. The fourth-order valence-electron chi connectivity index (χ4n) is 2.09. The molecule has 0 saturated carbocycles. The Bertz CT molecular complexity index is 633. The lowest BCUT2D eigenvalue weighted by atomic mass is 10.2. The molecule has 4 heteroatoms. The predicted molar refractivity (Wildman–Crippen MR) is 94.1 cm³/mol. The van der Waals surface area contributed by atoms with E-state index in [9.17, 15) is 4.79 Å². The second kappa shape index (κ2) is 7.68. The van der Waals surface area contributed by atoms with Crippen LogP contribution in [0.4, 0.5) is 5.69 Å². The molecule has 0 aromatic heterocycles. The quantitative estimate of drug-likeness (QED) is 0.844. The Kier molecular flexibility index (Phi) is 5.63. The molecule has 0 radical (unpaired) electrons. The van der Waals surface area contributed by atoms with Crippen molar-refractivity contribution in [2.75, 3.05) is 5.32 Å². The molecule has 4 nitrogen and oxygen atoms in total. The summed E-state index contributed by atoms with van der Waals surface area (Å²) in [6.07, 6.45) is 0. The van der Waals surface area contributed by atoms with Gasteiger partial charge in [-0.05, 0) is 64.1 Å². The molecule has 23 heavy (non-hydrogen) atoms. The van der Waals surface area contributed by atoms with E-state index in [2.05, 4.69) is 10.6 Å². The van der Waals surface area contributed by atoms with Gasteiger partial charge in [-0.15, -0.1) is 0 Å². The van der Waals surface area contributed by atoms with Gasteiger partial charge in [0.2, 0.25) is 5.91 Å². The summed E-state index contributed by atoms with van der Waals surface area (Å²) < 4.78 is 5.79. The summed E-state index contributed by atoms with van der Waals surface area (Å²) in [4.78, 5) is 11.9. The first kappa shape index (κ1) is 16.9. The number of hydrogen-bond acceptors (Lipinski definition) is 3. The molecule has 0 fully saturated rings. The maximum Gasteiger partial charge on any atom is 0.242 e. The zero-order chi connectivity index (χ0) is 16.8. The van der Waals surface area contributed by atoms with Crippen molar-refractivity contribution >= 4 is 11.6 Å². The molecule has 2 aromatic rings. The molecule has 2 rings (SSSR count). The fourth-order valence-corrected chi connectivity index (χ4v) is 2.09. The largest absolute Gasteiger partial charge is 0.457 e. The van der Waals surface area contributed by atoms with Crippen molar-refractivity contribution in [3.8, 4) is 11.5 Å². The highest BCUT2D eigenvalue weighted by molar-refractivity contribution is 5.84. The lowest BCUT2D eigenvalue weighted by Crippen LogP contribution is -2.40. The first-order valence-electron chi connectivity index (χ1n) is 7.85. The highest BCUT2D eigenvalue weighted by Gasteiger charge is 2.13. The van der Waals surface area contributed by atoms with E-state index < -0.39 is 0 Å². The average Bonchev–Trinajstić information content (AvgIpc) is 2.51. The summed E-state index contributed by atoms with van der Waals surface area (Å²) in [5.41, 5.74) is 2.08. The minimum atomic E-state index is -0.290. The highest BCUT2D eigenvalue weighted by atomic mass is 16.5. The van der Waals surface area contributed by atoms with Crippen molar-refractivity contribution in [1.82, 2.24) is 5.32 Å². The third-order valence-electron chi connectivity index (χ3n) is 3.32. The Morgan fingerprint density at radius 3 is 1.96 bits per heavy atom. The monoisotopic (exact) mass is 312 g/mol. The molecule has 0 aliphatic heterocycles. The number of nitrogens with one attached hydrogen (secondary N) is 2. The smallest absolute Gasteiger partial charge is 0.242 e. The van der Waals surface area contributed by atoms with Crippen LogP contribution in [0.15, 0.2) is 48.5 Å². The van der Waals surface area contributed by atoms with Crippen LogP contribution in [-0.2, 0) is 4.79 Å². The number of benzene rings is 2. The van der Waals surface area contributed by atoms with Crippen LogP contribution in [0.5, 0.6) is 11.5 Å². The molecular formula is C19H24N2O2. The molecule has 0 bridgehead atoms. The van der Waals surface area contributed by atoms with Gasteiger partial charge in [0, 0.05) is 11.7 Å². The van der Waals surface area contributed by atoms with Crippen molar-refractivity contribution in [2.24, 2.45) is 0 Å². The standard InChI is InChI=1S/C19H24N2O2/c1-13(2)20-19(22)15(4)21-16-7-11-18(12-8-16)23-17-9-5-14(3)6-10-17/h5-13,15,21H,1-4H3,(H,20,22). The summed E-state index contributed by atoms with van der Waals surface area (Å²) in [6.45, 7) is 7.78. The third-order valence-corrected chi connectivity index (χ3v) is 3.32. The third kappa shape index (κ3) is 5.33. The van der Waals surface area contributed by atoms with Gasteiger partial charge in [0.1, 0.15) is 17.5 Å². The Morgan fingerprint density at radius 2 is 1.43 bits per heavy atom. The normalized spacial score (nSPS) is 11.9. The minimum absolute atomic E-state index is 0.0139. The van der Waals surface area contributed by atoms with Crippen LogP contribution in [0.1, 0.15) is 26.3 Å². The summed E-state index contributed by atoms with van der Waals surface area (Å²) in [7, 11) is 0. The van der Waals surface area contributed by atoms with Gasteiger partial charge >= 0.3 is 0 Å². The van der Waals surface area contributed by atoms with Gasteiger partial charge in [0.25, 0.3) is 0 Å². The van der Waals surface area contributed by atoms with E-state index in [4.69, 9.17) is 4.74 Å². The molecule has 1 amide bonds. The number of carbonyl (C=O) groups is 1. The van der Waals surface area contributed by atoms with E-state index in [1.165, 1.54) is 5.56 Å². The van der Waals surface area contributed by atoms with Crippen LogP contribution in [0.2, 0.25) is 0 Å². The van der Waals surface area contributed by atoms with Crippen LogP contribution in [0, 0.1) is 6.92 Å². The van der Waals surface area contributed by atoms with Crippen molar-refractivity contribution in [3.63, 3.8) is 0 Å². The molecule has 0 aliphatic rings. The van der Waals surface area contributed by atoms with E-state index >= 15 is 0 Å². The van der Waals surface area contributed by atoms with E-state index in [1.54, 1.807) is 0 Å². The van der Waals surface area contributed by atoms with Crippen molar-refractivity contribution in [1.29, 1.82) is 0 Å². The molecular weight excluding hydrogens is 288 g/mol. The highest BCUT2D eigenvalue weighted by Crippen LogP contribution is 2.23. The fraction of sp³-hybridized carbons (Fsp3) is 0.316. The Morgan fingerprint density at radius 1 is 0.913 bits per heavy atom. The van der Waals surface area contributed by atoms with Gasteiger partial charge in [-0.1, -0.05) is 17.7 Å². The van der Waals surface area contributed by atoms with Gasteiger partial charge in [0.15, 0.2) is 0 Å². The molecule has 2 aromatic carbocycles. The van der Waals surface area contributed by atoms with E-state index in [0.29, 0.717) is 0 Å². The number of rotatable bonds is 6. The zero-order valence-corrected chi connectivity index (χ0v) is 14.1. The van der Waals surface area contributed by atoms with Crippen molar-refractivity contribution in [2.45, 2.75) is 39.8 Å². The Labute approximate surface area is 137 Å². The molecule has 1 atom stereocenters. The number of hydrogen-bond donors (Lipinski definition) is 2. The summed E-state index contributed by atoms with van der Waals surface area (Å²) >= 11 is 0. The molecule has 0 heterocycles. The number of anilines is 1. The SMILES string of the molecule is Cc1ccc(Oc2ccc(NC(C)C(=O)NC(C)C)cc2)cc1. The minimum Gasteiger partial charge on any atom is -0.457 e. The van der Waals surface area contributed by atoms with Gasteiger partial charge in [-0.2, -0.15) is 0 Å². The van der Waals surface area contributed by atoms with E-state index in [1.807, 2.05) is 76.2 Å². The first-order valence-corrected chi connectivity index (χ1v) is 7.85. The molecule has 0 saturated heterocycles. The Balaban J connectivity index is 1.94. The molecule has 0 aliphatic carbocycles.